The van der Waals surface area contributed by atoms with Gasteiger partial charge in [0.2, 0.25) is 0 Å². The molecule has 0 aromatic rings. The van der Waals surface area contributed by atoms with Gasteiger partial charge in [-0.05, 0) is 0 Å². The second-order valence-corrected chi connectivity index (χ2v) is 4.79. The molecule has 2 aliphatic carbocycles. The van der Waals surface area contributed by atoms with E-state index in [1.165, 1.54) is 11.1 Å². The maximum absolute atomic E-state index is 3.26. The number of hydrogen-bond acceptors (Lipinski definition) is 0. The van der Waals surface area contributed by atoms with Crippen LogP contribution in [0, 0.1) is 24.0 Å². The Morgan fingerprint density at radius 1 is 0.789 bits per heavy atom. The molecule has 0 spiro atoms. The second-order valence-electron chi connectivity index (χ2n) is 4.79. The molecule has 0 heterocycles. The zero-order chi connectivity index (χ0) is 12.0. The van der Waals surface area contributed by atoms with Gasteiger partial charge < -0.3 is 0 Å². The van der Waals surface area contributed by atoms with Crippen molar-refractivity contribution in [2.24, 2.45) is 11.8 Å². The van der Waals surface area contributed by atoms with Crippen molar-refractivity contribution in [3.63, 3.8) is 0 Å². The molecule has 3 heteroatoms. The SMILES string of the molecule is CC(C)C1=[C-]CC=C1.CC(C)C1=[C-]CC=C1.Cl.Cl.[Zr+2]. The molecule has 0 N–H and O–H groups in total. The van der Waals surface area contributed by atoms with Crippen molar-refractivity contribution in [3.8, 4) is 0 Å². The van der Waals surface area contributed by atoms with Crippen molar-refractivity contribution in [1.82, 2.24) is 0 Å². The standard InChI is InChI=1S/2C8H11.2ClH.Zr/c2*1-7(2)8-5-3-4-6-8;;;/h2*3,5,7H,4H2,1-2H3;2*1H;/q2*-1;;;+2. The predicted octanol–water partition coefficient (Wildman–Crippen LogP) is 5.50. The summed E-state index contributed by atoms with van der Waals surface area (Å²) in [7, 11) is 0. The molecule has 2 aliphatic rings. The summed E-state index contributed by atoms with van der Waals surface area (Å²) in [5.41, 5.74) is 2.73. The third-order valence-electron chi connectivity index (χ3n) is 2.69. The predicted molar refractivity (Wildman–Crippen MR) is 85.2 cm³/mol. The third kappa shape index (κ3) is 9.88. The number of allylic oxidation sites excluding steroid dienone is 8. The van der Waals surface area contributed by atoms with E-state index in [0.717, 1.165) is 12.8 Å². The molecule has 0 nitrogen and oxygen atoms in total. The normalized spacial score (nSPS) is 14.8. The Labute approximate surface area is 150 Å². The Morgan fingerprint density at radius 3 is 1.21 bits per heavy atom. The summed E-state index contributed by atoms with van der Waals surface area (Å²) in [6.45, 7) is 8.77. The fourth-order valence-corrected chi connectivity index (χ4v) is 1.64. The van der Waals surface area contributed by atoms with Crippen LogP contribution in [-0.4, -0.2) is 0 Å². The third-order valence-corrected chi connectivity index (χ3v) is 2.69. The largest absolute Gasteiger partial charge is 2.00 e. The Hall–Kier alpha value is 0.423. The molecular formula is C16H24Cl2Zr. The smallest absolute Gasteiger partial charge is 0.269 e. The molecule has 0 amide bonds. The fourth-order valence-electron chi connectivity index (χ4n) is 1.64. The molecule has 0 fully saturated rings. The summed E-state index contributed by atoms with van der Waals surface area (Å²) < 4.78 is 0. The van der Waals surface area contributed by atoms with Crippen LogP contribution in [0.2, 0.25) is 0 Å². The Bertz CT molecular complexity index is 303. The van der Waals surface area contributed by atoms with Crippen LogP contribution in [-0.2, 0) is 26.2 Å². The zero-order valence-electron chi connectivity index (χ0n) is 12.2. The first-order valence-electron chi connectivity index (χ1n) is 6.15. The van der Waals surface area contributed by atoms with Crippen molar-refractivity contribution in [3.05, 3.63) is 47.6 Å². The van der Waals surface area contributed by atoms with Gasteiger partial charge >= 0.3 is 26.2 Å². The van der Waals surface area contributed by atoms with Gasteiger partial charge in [0, 0.05) is 0 Å². The summed E-state index contributed by atoms with van der Waals surface area (Å²) >= 11 is 0. The molecule has 0 aromatic heterocycles. The first-order chi connectivity index (χ1) is 7.61. The molecule has 0 saturated carbocycles. The molecule has 0 saturated heterocycles. The van der Waals surface area contributed by atoms with E-state index in [9.17, 15) is 0 Å². The van der Waals surface area contributed by atoms with E-state index in [0.29, 0.717) is 11.8 Å². The molecule has 0 aromatic carbocycles. The van der Waals surface area contributed by atoms with Crippen molar-refractivity contribution in [2.45, 2.75) is 40.5 Å². The minimum absolute atomic E-state index is 0. The molecule has 2 rings (SSSR count). The van der Waals surface area contributed by atoms with Gasteiger partial charge in [0.15, 0.2) is 0 Å². The van der Waals surface area contributed by atoms with Crippen LogP contribution in [0.3, 0.4) is 0 Å². The molecule has 0 radical (unpaired) electrons. The minimum atomic E-state index is 0. The summed E-state index contributed by atoms with van der Waals surface area (Å²) in [5, 5.41) is 0. The van der Waals surface area contributed by atoms with Gasteiger partial charge in [-0.1, -0.05) is 39.5 Å². The second kappa shape index (κ2) is 13.4. The zero-order valence-corrected chi connectivity index (χ0v) is 16.3. The van der Waals surface area contributed by atoms with Crippen molar-refractivity contribution in [2.75, 3.05) is 0 Å². The van der Waals surface area contributed by atoms with Crippen LogP contribution in [0.5, 0.6) is 0 Å². The molecule has 0 bridgehead atoms. The van der Waals surface area contributed by atoms with E-state index < -0.39 is 0 Å². The van der Waals surface area contributed by atoms with Crippen LogP contribution in [0.1, 0.15) is 40.5 Å². The summed E-state index contributed by atoms with van der Waals surface area (Å²) in [6, 6.07) is 0. The van der Waals surface area contributed by atoms with Gasteiger partial charge in [-0.15, -0.1) is 37.7 Å². The van der Waals surface area contributed by atoms with Crippen molar-refractivity contribution >= 4 is 24.8 Å². The maximum Gasteiger partial charge on any atom is 2.00 e. The van der Waals surface area contributed by atoms with Gasteiger partial charge in [0.05, 0.1) is 0 Å². The molecule has 19 heavy (non-hydrogen) atoms. The number of hydrogen-bond donors (Lipinski definition) is 0. The first-order valence-corrected chi connectivity index (χ1v) is 6.15. The molecule has 106 valence electrons. The fraction of sp³-hybridized carbons (Fsp3) is 0.500. The van der Waals surface area contributed by atoms with Crippen LogP contribution >= 0.6 is 24.8 Å². The van der Waals surface area contributed by atoms with E-state index in [2.05, 4.69) is 64.2 Å². The quantitative estimate of drug-likeness (QED) is 0.556. The monoisotopic (exact) mass is 376 g/mol. The average molecular weight is 378 g/mol. The van der Waals surface area contributed by atoms with Gasteiger partial charge in [-0.3, -0.25) is 12.2 Å². The maximum atomic E-state index is 3.26. The molecule has 0 unspecified atom stereocenters. The summed E-state index contributed by atoms with van der Waals surface area (Å²) in [6.07, 6.45) is 17.2. The van der Waals surface area contributed by atoms with E-state index >= 15 is 0 Å². The van der Waals surface area contributed by atoms with Gasteiger partial charge in [-0.25, -0.2) is 23.3 Å². The van der Waals surface area contributed by atoms with Gasteiger partial charge in [0.1, 0.15) is 0 Å². The van der Waals surface area contributed by atoms with E-state index in [1.807, 2.05) is 0 Å². The Morgan fingerprint density at radius 2 is 1.11 bits per heavy atom. The van der Waals surface area contributed by atoms with Crippen LogP contribution in [0.25, 0.3) is 0 Å². The van der Waals surface area contributed by atoms with E-state index in [1.54, 1.807) is 0 Å². The minimum Gasteiger partial charge on any atom is -0.269 e. The number of rotatable bonds is 2. The molecular weight excluding hydrogens is 354 g/mol. The topological polar surface area (TPSA) is 0 Å². The van der Waals surface area contributed by atoms with Gasteiger partial charge in [-0.2, -0.15) is 12.2 Å². The Balaban J connectivity index is -0.000000233. The summed E-state index contributed by atoms with van der Waals surface area (Å²) in [4.78, 5) is 0. The van der Waals surface area contributed by atoms with E-state index in [-0.39, 0.29) is 51.0 Å². The Kier molecular flexibility index (Phi) is 17.2. The number of halogens is 2. The van der Waals surface area contributed by atoms with Crippen molar-refractivity contribution < 1.29 is 26.2 Å². The van der Waals surface area contributed by atoms with Crippen LogP contribution in [0.15, 0.2) is 35.5 Å². The van der Waals surface area contributed by atoms with Crippen molar-refractivity contribution in [1.29, 1.82) is 0 Å². The van der Waals surface area contributed by atoms with E-state index in [4.69, 9.17) is 0 Å². The first kappa shape index (κ1) is 24.4. The molecule has 0 aliphatic heterocycles. The average Bonchev–Trinajstić information content (AvgIpc) is 2.93. The van der Waals surface area contributed by atoms with Crippen LogP contribution < -0.4 is 0 Å². The summed E-state index contributed by atoms with van der Waals surface area (Å²) in [5.74, 6) is 1.32. The van der Waals surface area contributed by atoms with Gasteiger partial charge in [0.25, 0.3) is 0 Å². The molecule has 0 atom stereocenters. The van der Waals surface area contributed by atoms with Crippen LogP contribution in [0.4, 0.5) is 0 Å².